The van der Waals surface area contributed by atoms with Crippen molar-refractivity contribution in [2.45, 2.75) is 15.5 Å². The van der Waals surface area contributed by atoms with Crippen molar-refractivity contribution in [1.82, 2.24) is 0 Å². The van der Waals surface area contributed by atoms with Gasteiger partial charge in [0.15, 0.2) is 19.7 Å². The van der Waals surface area contributed by atoms with Gasteiger partial charge in [-0.05, 0) is 52.9 Å². The maximum Gasteiger partial charge on any atom is 0.335 e. The summed E-state index contributed by atoms with van der Waals surface area (Å²) in [5.74, 6) is -1.78. The molecule has 0 amide bonds. The molecule has 7 nitrogen and oxygen atoms in total. The molecule has 3 aromatic rings. The number of thiophene rings is 1. The zero-order chi connectivity index (χ0) is 22.1. The van der Waals surface area contributed by atoms with Gasteiger partial charge in [-0.15, -0.1) is 11.3 Å². The first kappa shape index (κ1) is 22.0. The van der Waals surface area contributed by atoms with Crippen molar-refractivity contribution < 1.29 is 31.5 Å². The second-order valence-corrected chi connectivity index (χ2v) is 11.4. The van der Waals surface area contributed by atoms with E-state index in [9.17, 15) is 26.7 Å². The Morgan fingerprint density at radius 2 is 1.80 bits per heavy atom. The number of hydrogen-bond acceptors (Lipinski definition) is 7. The molecule has 0 atom stereocenters. The van der Waals surface area contributed by atoms with E-state index in [4.69, 9.17) is 4.74 Å². The van der Waals surface area contributed by atoms with Crippen molar-refractivity contribution in [3.05, 3.63) is 65.0 Å². The SMILES string of the molecule is COc1ccc(C(=O)O)cc1S(=O)(=O)Cc1cc(S(C)(=O)=O)ccc1-c1cccs1. The normalized spacial score (nSPS) is 11.9. The average molecular weight is 467 g/mol. The van der Waals surface area contributed by atoms with Gasteiger partial charge in [-0.1, -0.05) is 12.1 Å². The molecule has 0 spiro atoms. The molecule has 0 aliphatic heterocycles. The minimum atomic E-state index is -4.07. The van der Waals surface area contributed by atoms with Crippen molar-refractivity contribution in [1.29, 1.82) is 0 Å². The summed E-state index contributed by atoms with van der Waals surface area (Å²) in [5, 5.41) is 11.1. The van der Waals surface area contributed by atoms with Crippen LogP contribution in [-0.2, 0) is 25.4 Å². The predicted octanol–water partition coefficient (Wildman–Crippen LogP) is 3.50. The molecule has 0 bridgehead atoms. The molecule has 10 heteroatoms. The molecule has 1 heterocycles. The summed E-state index contributed by atoms with van der Waals surface area (Å²) < 4.78 is 55.6. The zero-order valence-corrected chi connectivity index (χ0v) is 18.5. The second kappa shape index (κ2) is 8.21. The van der Waals surface area contributed by atoms with Crippen LogP contribution in [0.3, 0.4) is 0 Å². The third kappa shape index (κ3) is 4.55. The number of benzene rings is 2. The molecule has 0 aliphatic carbocycles. The fourth-order valence-electron chi connectivity index (χ4n) is 2.93. The van der Waals surface area contributed by atoms with Crippen LogP contribution < -0.4 is 4.74 Å². The summed E-state index contributed by atoms with van der Waals surface area (Å²) in [4.78, 5) is 11.8. The highest BCUT2D eigenvalue weighted by Gasteiger charge is 2.25. The first-order valence-electron chi connectivity index (χ1n) is 8.54. The Morgan fingerprint density at radius 1 is 1.07 bits per heavy atom. The molecule has 30 heavy (non-hydrogen) atoms. The third-order valence-electron chi connectivity index (χ3n) is 4.38. The van der Waals surface area contributed by atoms with Crippen LogP contribution in [-0.4, -0.2) is 41.3 Å². The van der Waals surface area contributed by atoms with Gasteiger partial charge in [0.1, 0.15) is 10.6 Å². The molecular formula is C20H18O7S3. The Bertz CT molecular complexity index is 1310. The Morgan fingerprint density at radius 3 is 2.37 bits per heavy atom. The molecule has 1 aromatic heterocycles. The molecule has 3 rings (SSSR count). The molecular weight excluding hydrogens is 448 g/mol. The lowest BCUT2D eigenvalue weighted by atomic mass is 10.1. The minimum Gasteiger partial charge on any atom is -0.495 e. The van der Waals surface area contributed by atoms with Crippen molar-refractivity contribution in [2.24, 2.45) is 0 Å². The van der Waals surface area contributed by atoms with Gasteiger partial charge in [-0.25, -0.2) is 21.6 Å². The smallest absolute Gasteiger partial charge is 0.335 e. The largest absolute Gasteiger partial charge is 0.495 e. The molecule has 0 fully saturated rings. The van der Waals surface area contributed by atoms with Gasteiger partial charge in [0, 0.05) is 11.1 Å². The van der Waals surface area contributed by atoms with Gasteiger partial charge < -0.3 is 9.84 Å². The first-order chi connectivity index (χ1) is 14.0. The quantitative estimate of drug-likeness (QED) is 0.567. The van der Waals surface area contributed by atoms with Crippen LogP contribution in [0.15, 0.2) is 63.7 Å². The lowest BCUT2D eigenvalue weighted by Crippen LogP contribution is -2.10. The topological polar surface area (TPSA) is 115 Å². The molecule has 0 saturated carbocycles. The first-order valence-corrected chi connectivity index (χ1v) is 13.0. The molecule has 0 saturated heterocycles. The number of methoxy groups -OCH3 is 1. The van der Waals surface area contributed by atoms with Gasteiger partial charge in [-0.3, -0.25) is 0 Å². The zero-order valence-electron chi connectivity index (χ0n) is 16.0. The number of ether oxygens (including phenoxy) is 1. The molecule has 0 aliphatic rings. The van der Waals surface area contributed by atoms with Crippen LogP contribution in [0, 0.1) is 0 Å². The van der Waals surface area contributed by atoms with E-state index >= 15 is 0 Å². The summed E-state index contributed by atoms with van der Waals surface area (Å²) in [6, 6.07) is 11.6. The summed E-state index contributed by atoms with van der Waals surface area (Å²) in [7, 11) is -6.33. The third-order valence-corrected chi connectivity index (χ3v) is 8.08. The van der Waals surface area contributed by atoms with E-state index in [2.05, 4.69) is 0 Å². The van der Waals surface area contributed by atoms with Gasteiger partial charge in [0.05, 0.1) is 23.3 Å². The number of carbonyl (C=O) groups is 1. The van der Waals surface area contributed by atoms with Gasteiger partial charge >= 0.3 is 5.97 Å². The maximum absolute atomic E-state index is 13.2. The van der Waals surface area contributed by atoms with E-state index in [0.717, 1.165) is 17.2 Å². The van der Waals surface area contributed by atoms with Crippen molar-refractivity contribution in [3.63, 3.8) is 0 Å². The number of hydrogen-bond donors (Lipinski definition) is 1. The van der Waals surface area contributed by atoms with Crippen LogP contribution in [0.4, 0.5) is 0 Å². The van der Waals surface area contributed by atoms with Crippen LogP contribution in [0.2, 0.25) is 0 Å². The van der Waals surface area contributed by atoms with E-state index in [1.165, 1.54) is 42.7 Å². The Hall–Kier alpha value is -2.69. The number of sulfone groups is 2. The highest BCUT2D eigenvalue weighted by molar-refractivity contribution is 7.91. The fraction of sp³-hybridized carbons (Fsp3) is 0.150. The van der Waals surface area contributed by atoms with Gasteiger partial charge in [0.25, 0.3) is 0 Å². The molecule has 1 N–H and O–H groups in total. The summed E-state index contributed by atoms with van der Waals surface area (Å²) in [6.45, 7) is 0. The van der Waals surface area contributed by atoms with Gasteiger partial charge in [-0.2, -0.15) is 0 Å². The van der Waals surface area contributed by atoms with E-state index in [1.54, 1.807) is 6.07 Å². The van der Waals surface area contributed by atoms with Crippen molar-refractivity contribution >= 4 is 37.0 Å². The summed E-state index contributed by atoms with van der Waals surface area (Å²) in [6.07, 6.45) is 1.05. The Labute approximate surface area is 178 Å². The predicted molar refractivity (Wildman–Crippen MR) is 114 cm³/mol. The lowest BCUT2D eigenvalue weighted by Gasteiger charge is -2.14. The minimum absolute atomic E-state index is 0.000687. The number of carboxylic acids is 1. The Balaban J connectivity index is 2.17. The lowest BCUT2D eigenvalue weighted by molar-refractivity contribution is 0.0696. The fourth-order valence-corrected chi connectivity index (χ4v) is 5.95. The van der Waals surface area contributed by atoms with E-state index in [1.807, 2.05) is 17.5 Å². The van der Waals surface area contributed by atoms with E-state index < -0.39 is 31.4 Å². The number of carboxylic acid groups (broad SMARTS) is 1. The highest BCUT2D eigenvalue weighted by Crippen LogP contribution is 2.34. The average Bonchev–Trinajstić information content (AvgIpc) is 3.20. The standard InChI is InChI=1S/C20H18O7S3/c1-27-17-8-5-13(20(21)22)11-19(17)30(25,26)12-14-10-15(29(2,23)24)6-7-16(14)18-4-3-9-28-18/h3-11H,12H2,1-2H3,(H,21,22). The van der Waals surface area contributed by atoms with Gasteiger partial charge in [0.2, 0.25) is 0 Å². The van der Waals surface area contributed by atoms with Crippen molar-refractivity contribution in [3.8, 4) is 16.2 Å². The van der Waals surface area contributed by atoms with Crippen LogP contribution in [0.1, 0.15) is 15.9 Å². The molecule has 2 aromatic carbocycles. The molecule has 0 radical (unpaired) electrons. The summed E-state index contributed by atoms with van der Waals surface area (Å²) in [5.41, 5.74) is 0.690. The molecule has 158 valence electrons. The summed E-state index contributed by atoms with van der Waals surface area (Å²) >= 11 is 1.39. The highest BCUT2D eigenvalue weighted by atomic mass is 32.2. The van der Waals surface area contributed by atoms with E-state index in [-0.39, 0.29) is 21.1 Å². The van der Waals surface area contributed by atoms with Crippen LogP contribution >= 0.6 is 11.3 Å². The second-order valence-electron chi connectivity index (χ2n) is 6.50. The number of aromatic carboxylic acids is 1. The Kier molecular flexibility index (Phi) is 6.02. The monoisotopic (exact) mass is 466 g/mol. The molecule has 0 unspecified atom stereocenters. The maximum atomic E-state index is 13.2. The van der Waals surface area contributed by atoms with Crippen LogP contribution in [0.25, 0.3) is 10.4 Å². The van der Waals surface area contributed by atoms with E-state index in [0.29, 0.717) is 11.1 Å². The number of rotatable bonds is 7. The van der Waals surface area contributed by atoms with Crippen LogP contribution in [0.5, 0.6) is 5.75 Å². The van der Waals surface area contributed by atoms with Crippen molar-refractivity contribution in [2.75, 3.05) is 13.4 Å².